The van der Waals surface area contributed by atoms with Gasteiger partial charge in [-0.2, -0.15) is 0 Å². The second-order valence-electron chi connectivity index (χ2n) is 8.40. The summed E-state index contributed by atoms with van der Waals surface area (Å²) in [6, 6.07) is -0.845. The normalized spacial score (nSPS) is 23.5. The molecule has 1 aliphatic heterocycles. The lowest BCUT2D eigenvalue weighted by molar-refractivity contribution is -0.138. The molecular weight excluding hydrogens is 338 g/mol. The van der Waals surface area contributed by atoms with Gasteiger partial charge in [-0.05, 0) is 52.9 Å². The number of aliphatic hydroxyl groups excluding tert-OH is 1. The van der Waals surface area contributed by atoms with Crippen molar-refractivity contribution >= 4 is 17.9 Å². The average Bonchev–Trinajstić information content (AvgIpc) is 2.64. The highest BCUT2D eigenvalue weighted by atomic mass is 16.6. The van der Waals surface area contributed by atoms with Gasteiger partial charge in [-0.1, -0.05) is 13.8 Å². The Morgan fingerprint density at radius 2 is 1.88 bits per heavy atom. The van der Waals surface area contributed by atoms with Gasteiger partial charge in [0.1, 0.15) is 11.1 Å². The standard InChI is InChI=1S/C18H33N3O5/c1-11(2)12(20-16(25)26-17(3,4)5)13(22)14(23)21-18(6)9-7-8-10-19-15(18)24/h11-13,22H,7-10H2,1-6H3,(H,19,24)(H,20,25)(H,21,23)/t12-,13+,18?/m0/s1. The minimum Gasteiger partial charge on any atom is -0.444 e. The van der Waals surface area contributed by atoms with Gasteiger partial charge in [0.25, 0.3) is 5.91 Å². The van der Waals surface area contributed by atoms with Gasteiger partial charge >= 0.3 is 6.09 Å². The summed E-state index contributed by atoms with van der Waals surface area (Å²) in [6.07, 6.45) is -0.0931. The molecule has 8 heteroatoms. The molecule has 0 bridgehead atoms. The average molecular weight is 371 g/mol. The third kappa shape index (κ3) is 6.48. The van der Waals surface area contributed by atoms with Crippen LogP contribution in [-0.2, 0) is 14.3 Å². The maximum absolute atomic E-state index is 12.6. The Morgan fingerprint density at radius 1 is 1.27 bits per heavy atom. The molecule has 0 aliphatic carbocycles. The molecule has 1 aliphatic rings. The van der Waals surface area contributed by atoms with Crippen molar-refractivity contribution in [1.82, 2.24) is 16.0 Å². The second kappa shape index (κ2) is 8.70. The largest absolute Gasteiger partial charge is 0.444 e. The van der Waals surface area contributed by atoms with Crippen molar-refractivity contribution in [1.29, 1.82) is 0 Å². The number of aliphatic hydroxyl groups is 1. The van der Waals surface area contributed by atoms with Gasteiger partial charge in [0, 0.05) is 6.54 Å². The highest BCUT2D eigenvalue weighted by Gasteiger charge is 2.39. The van der Waals surface area contributed by atoms with Crippen LogP contribution in [-0.4, -0.2) is 52.8 Å². The number of amides is 3. The van der Waals surface area contributed by atoms with Crippen LogP contribution in [0.5, 0.6) is 0 Å². The SMILES string of the molecule is CC(C)[C@H](NC(=O)OC(C)(C)C)[C@@H](O)C(=O)NC1(C)CCCCNC1=O. The number of alkyl carbamates (subject to hydrolysis) is 1. The van der Waals surface area contributed by atoms with E-state index in [1.54, 1.807) is 41.5 Å². The molecule has 0 aromatic carbocycles. The van der Waals surface area contributed by atoms with E-state index < -0.39 is 35.3 Å². The first-order valence-electron chi connectivity index (χ1n) is 9.13. The van der Waals surface area contributed by atoms with Gasteiger partial charge in [0.2, 0.25) is 5.91 Å². The number of carbonyl (C=O) groups excluding carboxylic acids is 3. The summed E-state index contributed by atoms with van der Waals surface area (Å²) in [6.45, 7) is 11.0. The summed E-state index contributed by atoms with van der Waals surface area (Å²) in [5, 5.41) is 18.5. The Labute approximate surface area is 155 Å². The van der Waals surface area contributed by atoms with Gasteiger partial charge in [-0.25, -0.2) is 4.79 Å². The van der Waals surface area contributed by atoms with Crippen LogP contribution in [0.1, 0.15) is 60.8 Å². The fraction of sp³-hybridized carbons (Fsp3) is 0.833. The predicted molar refractivity (Wildman–Crippen MR) is 97.4 cm³/mol. The van der Waals surface area contributed by atoms with Gasteiger partial charge < -0.3 is 25.8 Å². The lowest BCUT2D eigenvalue weighted by Crippen LogP contribution is -2.61. The van der Waals surface area contributed by atoms with Crippen LogP contribution in [0, 0.1) is 5.92 Å². The highest BCUT2D eigenvalue weighted by molar-refractivity contribution is 5.93. The summed E-state index contributed by atoms with van der Waals surface area (Å²) < 4.78 is 5.19. The molecule has 1 heterocycles. The quantitative estimate of drug-likeness (QED) is 0.577. The zero-order chi connectivity index (χ0) is 20.1. The molecule has 3 atom stereocenters. The first-order chi connectivity index (χ1) is 11.9. The zero-order valence-corrected chi connectivity index (χ0v) is 16.6. The van der Waals surface area contributed by atoms with Crippen molar-refractivity contribution in [3.63, 3.8) is 0 Å². The van der Waals surface area contributed by atoms with Crippen molar-refractivity contribution in [2.75, 3.05) is 6.54 Å². The van der Waals surface area contributed by atoms with Crippen molar-refractivity contribution < 1.29 is 24.2 Å². The number of carbonyl (C=O) groups is 3. The Hall–Kier alpha value is -1.83. The van der Waals surface area contributed by atoms with E-state index in [0.717, 1.165) is 12.8 Å². The van der Waals surface area contributed by atoms with Crippen LogP contribution in [0.4, 0.5) is 4.79 Å². The molecule has 1 fully saturated rings. The fourth-order valence-electron chi connectivity index (χ4n) is 2.80. The van der Waals surface area contributed by atoms with Gasteiger partial charge in [0.15, 0.2) is 6.10 Å². The molecule has 0 aromatic rings. The Balaban J connectivity index is 2.81. The Kier molecular flexibility index (Phi) is 7.44. The molecule has 1 unspecified atom stereocenters. The van der Waals surface area contributed by atoms with E-state index in [9.17, 15) is 19.5 Å². The lowest BCUT2D eigenvalue weighted by atomic mass is 9.93. The van der Waals surface area contributed by atoms with E-state index in [2.05, 4.69) is 16.0 Å². The van der Waals surface area contributed by atoms with E-state index >= 15 is 0 Å². The number of ether oxygens (including phenoxy) is 1. The third-order valence-electron chi connectivity index (χ3n) is 4.30. The summed E-state index contributed by atoms with van der Waals surface area (Å²) in [4.78, 5) is 36.8. The molecule has 0 radical (unpaired) electrons. The Bertz CT molecular complexity index is 529. The minimum absolute atomic E-state index is 0.223. The first-order valence-corrected chi connectivity index (χ1v) is 9.13. The lowest BCUT2D eigenvalue weighted by Gasteiger charge is -2.32. The molecule has 1 saturated heterocycles. The van der Waals surface area contributed by atoms with E-state index in [0.29, 0.717) is 13.0 Å². The van der Waals surface area contributed by atoms with Gasteiger partial charge in [-0.15, -0.1) is 0 Å². The maximum atomic E-state index is 12.6. The number of rotatable bonds is 5. The smallest absolute Gasteiger partial charge is 0.407 e. The van der Waals surface area contributed by atoms with Gasteiger partial charge in [0.05, 0.1) is 6.04 Å². The van der Waals surface area contributed by atoms with Crippen LogP contribution >= 0.6 is 0 Å². The predicted octanol–water partition coefficient (Wildman–Crippen LogP) is 1.07. The maximum Gasteiger partial charge on any atom is 0.407 e. The molecule has 0 saturated carbocycles. The molecule has 26 heavy (non-hydrogen) atoms. The number of hydrogen-bond donors (Lipinski definition) is 4. The summed E-state index contributed by atoms with van der Waals surface area (Å²) in [5.41, 5.74) is -1.77. The van der Waals surface area contributed by atoms with Crippen LogP contribution in [0.25, 0.3) is 0 Å². The number of nitrogens with one attached hydrogen (secondary N) is 3. The minimum atomic E-state index is -1.50. The van der Waals surface area contributed by atoms with E-state index in [1.807, 2.05) is 0 Å². The molecule has 150 valence electrons. The highest BCUT2D eigenvalue weighted by Crippen LogP contribution is 2.18. The van der Waals surface area contributed by atoms with Gasteiger partial charge in [-0.3, -0.25) is 9.59 Å². The molecule has 1 rings (SSSR count). The van der Waals surface area contributed by atoms with Crippen molar-refractivity contribution in [3.8, 4) is 0 Å². The molecule has 4 N–H and O–H groups in total. The molecule has 0 spiro atoms. The summed E-state index contributed by atoms with van der Waals surface area (Å²) >= 11 is 0. The van der Waals surface area contributed by atoms with Crippen LogP contribution in [0.2, 0.25) is 0 Å². The zero-order valence-electron chi connectivity index (χ0n) is 16.6. The fourth-order valence-corrected chi connectivity index (χ4v) is 2.80. The molecular formula is C18H33N3O5. The van der Waals surface area contributed by atoms with E-state index in [1.165, 1.54) is 0 Å². The van der Waals surface area contributed by atoms with Crippen molar-refractivity contribution in [2.24, 2.45) is 5.92 Å². The van der Waals surface area contributed by atoms with Crippen LogP contribution < -0.4 is 16.0 Å². The summed E-state index contributed by atoms with van der Waals surface area (Å²) in [5.74, 6) is -1.19. The third-order valence-corrected chi connectivity index (χ3v) is 4.30. The van der Waals surface area contributed by atoms with Crippen molar-refractivity contribution in [2.45, 2.75) is 84.1 Å². The van der Waals surface area contributed by atoms with E-state index in [4.69, 9.17) is 4.74 Å². The molecule has 3 amide bonds. The molecule has 0 aromatic heterocycles. The first kappa shape index (κ1) is 22.2. The number of hydrogen-bond acceptors (Lipinski definition) is 5. The van der Waals surface area contributed by atoms with Crippen molar-refractivity contribution in [3.05, 3.63) is 0 Å². The molecule has 8 nitrogen and oxygen atoms in total. The van der Waals surface area contributed by atoms with Crippen LogP contribution in [0.15, 0.2) is 0 Å². The Morgan fingerprint density at radius 3 is 2.42 bits per heavy atom. The van der Waals surface area contributed by atoms with E-state index in [-0.39, 0.29) is 11.8 Å². The monoisotopic (exact) mass is 371 g/mol. The van der Waals surface area contributed by atoms with Crippen LogP contribution in [0.3, 0.4) is 0 Å². The topological polar surface area (TPSA) is 117 Å². The second-order valence-corrected chi connectivity index (χ2v) is 8.40. The summed E-state index contributed by atoms with van der Waals surface area (Å²) in [7, 11) is 0.